The van der Waals surface area contributed by atoms with Gasteiger partial charge >= 0.3 is 155 Å². The Labute approximate surface area is 155 Å². The fraction of sp³-hybridized carbons (Fsp3) is 0.263. The number of fused-ring (bicyclic) bond motifs is 2. The van der Waals surface area contributed by atoms with E-state index in [1.165, 1.54) is 21.8 Å². The number of pyridine rings is 1. The summed E-state index contributed by atoms with van der Waals surface area (Å²) in [5.74, 6) is 1.89. The van der Waals surface area contributed by atoms with Crippen LogP contribution in [0.25, 0.3) is 21.3 Å². The van der Waals surface area contributed by atoms with Gasteiger partial charge in [-0.05, 0) is 0 Å². The average molecular weight is 414 g/mol. The minimum atomic E-state index is -0.771. The summed E-state index contributed by atoms with van der Waals surface area (Å²) in [6.07, 6.45) is 1.74. The molecule has 4 rings (SSSR count). The first-order valence-electron chi connectivity index (χ1n) is 8.39. The Morgan fingerprint density at radius 2 is 2.04 bits per heavy atom. The van der Waals surface area contributed by atoms with Crippen molar-refractivity contribution in [1.82, 2.24) is 9.97 Å². The van der Waals surface area contributed by atoms with Crippen molar-refractivity contribution in [3.63, 3.8) is 0 Å². The predicted molar refractivity (Wildman–Crippen MR) is 104 cm³/mol. The van der Waals surface area contributed by atoms with E-state index in [4.69, 9.17) is 9.15 Å². The molecule has 0 aliphatic rings. The molecule has 0 saturated heterocycles. The van der Waals surface area contributed by atoms with Crippen LogP contribution in [0.15, 0.2) is 47.0 Å². The minimum absolute atomic E-state index is 0.613. The van der Waals surface area contributed by atoms with E-state index in [0.29, 0.717) is 5.19 Å². The molecule has 0 atom stereocenters. The molecule has 3 heterocycles. The van der Waals surface area contributed by atoms with Gasteiger partial charge in [0.05, 0.1) is 0 Å². The van der Waals surface area contributed by atoms with Gasteiger partial charge in [-0.25, -0.2) is 0 Å². The van der Waals surface area contributed by atoms with Crippen molar-refractivity contribution >= 4 is 47.3 Å². The first-order chi connectivity index (χ1) is 12.2. The average Bonchev–Trinajstić information content (AvgIpc) is 3.21. The molecule has 0 bridgehead atoms. The molecule has 0 fully saturated rings. The maximum absolute atomic E-state index is 6.01. The normalized spacial score (nSPS) is 11.6. The van der Waals surface area contributed by atoms with E-state index >= 15 is 0 Å². The van der Waals surface area contributed by atoms with Gasteiger partial charge in [-0.2, -0.15) is 0 Å². The Morgan fingerprint density at radius 3 is 2.84 bits per heavy atom. The van der Waals surface area contributed by atoms with Crippen LogP contribution in [0.5, 0.6) is 10.9 Å². The third-order valence-corrected chi connectivity index (χ3v) is 10.4. The third-order valence-electron chi connectivity index (χ3n) is 4.16. The van der Waals surface area contributed by atoms with Crippen molar-refractivity contribution in [1.29, 1.82) is 0 Å². The third kappa shape index (κ3) is 3.58. The number of rotatable bonds is 6. The molecule has 0 saturated carbocycles. The van der Waals surface area contributed by atoms with E-state index in [-0.39, 0.29) is 0 Å². The number of ether oxygens (including phenoxy) is 1. The first-order valence-corrected chi connectivity index (χ1v) is 13.2. The van der Waals surface area contributed by atoms with Gasteiger partial charge in [-0.1, -0.05) is 0 Å². The van der Waals surface area contributed by atoms with Gasteiger partial charge in [0, 0.05) is 0 Å². The molecule has 0 aliphatic carbocycles. The summed E-state index contributed by atoms with van der Waals surface area (Å²) in [5, 5.41) is 5.48. The topological polar surface area (TPSA) is 48.2 Å². The fourth-order valence-corrected chi connectivity index (χ4v) is 6.70. The molecule has 6 heteroatoms. The molecule has 0 radical (unpaired) electrons. The summed E-state index contributed by atoms with van der Waals surface area (Å²) in [5.41, 5.74) is 1.65. The second-order valence-corrected chi connectivity index (χ2v) is 12.9. The van der Waals surface area contributed by atoms with Crippen LogP contribution in [0.4, 0.5) is 0 Å². The molecule has 0 amide bonds. The molecule has 25 heavy (non-hydrogen) atoms. The van der Waals surface area contributed by atoms with Crippen molar-refractivity contribution in [2.75, 3.05) is 0 Å². The standard InChI is InChI=1S/C19H19AsN2O2S/c1-3-20(4-2)12-15-11-13-10-14(7-8-16(13)23-15)24-19-22-18-17(25-19)6-5-9-21-18/h5-11H,3-4,12H2,1-2H3. The monoisotopic (exact) mass is 414 g/mol. The summed E-state index contributed by atoms with van der Waals surface area (Å²) < 4.78 is 13.0. The molecule has 0 unspecified atom stereocenters. The van der Waals surface area contributed by atoms with Crippen molar-refractivity contribution in [2.24, 2.45) is 0 Å². The van der Waals surface area contributed by atoms with Crippen LogP contribution in [0, 0.1) is 0 Å². The molecule has 0 aliphatic heterocycles. The van der Waals surface area contributed by atoms with Gasteiger partial charge in [-0.3, -0.25) is 0 Å². The molecule has 4 nitrogen and oxygen atoms in total. The van der Waals surface area contributed by atoms with Crippen LogP contribution in [-0.2, 0) is 5.21 Å². The van der Waals surface area contributed by atoms with E-state index < -0.39 is 14.7 Å². The van der Waals surface area contributed by atoms with Crippen LogP contribution in [0.1, 0.15) is 19.6 Å². The summed E-state index contributed by atoms with van der Waals surface area (Å²) in [4.78, 5) is 8.67. The summed E-state index contributed by atoms with van der Waals surface area (Å²) in [6.45, 7) is 4.59. The molecular weight excluding hydrogens is 395 g/mol. The van der Waals surface area contributed by atoms with E-state index in [9.17, 15) is 0 Å². The summed E-state index contributed by atoms with van der Waals surface area (Å²) in [6, 6.07) is 12.0. The quantitative estimate of drug-likeness (QED) is 0.372. The van der Waals surface area contributed by atoms with Crippen molar-refractivity contribution in [3.05, 3.63) is 48.4 Å². The number of thiazole rings is 1. The predicted octanol–water partition coefficient (Wildman–Crippen LogP) is 5.85. The van der Waals surface area contributed by atoms with Gasteiger partial charge in [0.2, 0.25) is 0 Å². The van der Waals surface area contributed by atoms with E-state index in [2.05, 4.69) is 29.9 Å². The Kier molecular flexibility index (Phi) is 4.78. The van der Waals surface area contributed by atoms with Gasteiger partial charge in [0.25, 0.3) is 0 Å². The van der Waals surface area contributed by atoms with Gasteiger partial charge in [0.15, 0.2) is 0 Å². The van der Waals surface area contributed by atoms with Gasteiger partial charge in [0.1, 0.15) is 0 Å². The Morgan fingerprint density at radius 1 is 1.16 bits per heavy atom. The number of aromatic nitrogens is 2. The molecule has 1 aromatic carbocycles. The Bertz CT molecular complexity index is 974. The molecule has 3 aromatic heterocycles. The van der Waals surface area contributed by atoms with Gasteiger partial charge < -0.3 is 0 Å². The van der Waals surface area contributed by atoms with Crippen LogP contribution in [-0.4, -0.2) is 24.6 Å². The Balaban J connectivity index is 1.57. The summed E-state index contributed by atoms with van der Waals surface area (Å²) >= 11 is 0.733. The molecule has 0 N–H and O–H groups in total. The molecule has 0 spiro atoms. The zero-order valence-electron chi connectivity index (χ0n) is 14.2. The van der Waals surface area contributed by atoms with Crippen LogP contribution >= 0.6 is 11.3 Å². The van der Waals surface area contributed by atoms with Crippen LogP contribution in [0.3, 0.4) is 0 Å². The molecular formula is C19H19AsN2O2S. The van der Waals surface area contributed by atoms with Crippen molar-refractivity contribution < 1.29 is 9.15 Å². The van der Waals surface area contributed by atoms with E-state index in [0.717, 1.165) is 38.0 Å². The SMILES string of the molecule is CC[As](CC)Cc1cc2cc(Oc3nc4ncccc4s3)ccc2o1. The number of hydrogen-bond acceptors (Lipinski definition) is 5. The van der Waals surface area contributed by atoms with Crippen molar-refractivity contribution in [2.45, 2.75) is 29.5 Å². The van der Waals surface area contributed by atoms with E-state index in [1.54, 1.807) is 6.20 Å². The van der Waals surface area contributed by atoms with Crippen LogP contribution < -0.4 is 4.74 Å². The zero-order valence-corrected chi connectivity index (χ0v) is 16.9. The first kappa shape index (κ1) is 16.6. The summed E-state index contributed by atoms with van der Waals surface area (Å²) in [7, 11) is 0. The fourth-order valence-electron chi connectivity index (χ4n) is 2.78. The van der Waals surface area contributed by atoms with Crippen molar-refractivity contribution in [3.8, 4) is 10.9 Å². The number of benzene rings is 1. The molecule has 128 valence electrons. The van der Waals surface area contributed by atoms with E-state index in [1.807, 2.05) is 30.3 Å². The Hall–Kier alpha value is -1.84. The second-order valence-electron chi connectivity index (χ2n) is 5.78. The number of nitrogens with zero attached hydrogens (tertiary/aromatic N) is 2. The van der Waals surface area contributed by atoms with Gasteiger partial charge in [-0.15, -0.1) is 0 Å². The number of hydrogen-bond donors (Lipinski definition) is 0. The number of furan rings is 1. The zero-order chi connectivity index (χ0) is 17.2. The molecule has 4 aromatic rings. The second kappa shape index (κ2) is 7.18. The maximum atomic E-state index is 6.01. The van der Waals surface area contributed by atoms with Crippen LogP contribution in [0.2, 0.25) is 10.4 Å².